The molecule has 0 fully saturated rings. The van der Waals surface area contributed by atoms with Gasteiger partial charge in [-0.05, 0) is 37.1 Å². The van der Waals surface area contributed by atoms with Crippen molar-refractivity contribution in [3.05, 3.63) is 45.4 Å². The van der Waals surface area contributed by atoms with Gasteiger partial charge in [-0.25, -0.2) is 4.98 Å². The Morgan fingerprint density at radius 1 is 1.42 bits per heavy atom. The third kappa shape index (κ3) is 3.78. The Kier molecular flexibility index (Phi) is 4.56. The second-order valence-corrected chi connectivity index (χ2v) is 5.90. The lowest BCUT2D eigenvalue weighted by atomic mass is 10.1. The number of aromatic nitrogens is 1. The molecule has 1 aromatic carbocycles. The lowest BCUT2D eigenvalue weighted by Crippen LogP contribution is -2.11. The first kappa shape index (κ1) is 14.0. The molecule has 0 aliphatic rings. The molecule has 0 saturated heterocycles. The van der Waals surface area contributed by atoms with Gasteiger partial charge in [0.1, 0.15) is 0 Å². The number of amides is 1. The summed E-state index contributed by atoms with van der Waals surface area (Å²) in [6.07, 6.45) is 3.87. The van der Waals surface area contributed by atoms with Gasteiger partial charge in [0.05, 0.1) is 0 Å². The average molecular weight is 295 g/mol. The summed E-state index contributed by atoms with van der Waals surface area (Å²) in [4.78, 5) is 17.5. The lowest BCUT2D eigenvalue weighted by Gasteiger charge is -2.03. The number of rotatable bonds is 4. The van der Waals surface area contributed by atoms with Gasteiger partial charge in [-0.3, -0.25) is 10.1 Å². The largest absolute Gasteiger partial charge is 0.298 e. The van der Waals surface area contributed by atoms with E-state index in [9.17, 15) is 4.79 Å². The van der Waals surface area contributed by atoms with Crippen molar-refractivity contribution in [3.63, 3.8) is 0 Å². The minimum absolute atomic E-state index is 0.178. The van der Waals surface area contributed by atoms with E-state index in [1.807, 2.05) is 25.3 Å². The molecule has 0 saturated carbocycles. The number of halogens is 1. The van der Waals surface area contributed by atoms with Crippen molar-refractivity contribution in [1.82, 2.24) is 4.98 Å². The van der Waals surface area contributed by atoms with Crippen LogP contribution in [0.1, 0.15) is 34.1 Å². The SMILES string of the molecule is CCCc1cnc(NC(=O)c2cc(C)cc(Cl)c2)s1. The Morgan fingerprint density at radius 2 is 2.21 bits per heavy atom. The first-order chi connectivity index (χ1) is 9.08. The highest BCUT2D eigenvalue weighted by molar-refractivity contribution is 7.15. The van der Waals surface area contributed by atoms with Crippen molar-refractivity contribution in [2.45, 2.75) is 26.7 Å². The summed E-state index contributed by atoms with van der Waals surface area (Å²) in [5.41, 5.74) is 1.51. The fourth-order valence-electron chi connectivity index (χ4n) is 1.76. The number of hydrogen-bond acceptors (Lipinski definition) is 3. The van der Waals surface area contributed by atoms with E-state index in [2.05, 4.69) is 17.2 Å². The number of benzene rings is 1. The zero-order chi connectivity index (χ0) is 13.8. The molecule has 0 aliphatic carbocycles. The third-order valence-electron chi connectivity index (χ3n) is 2.57. The first-order valence-electron chi connectivity index (χ1n) is 6.11. The smallest absolute Gasteiger partial charge is 0.257 e. The second-order valence-electron chi connectivity index (χ2n) is 4.35. The highest BCUT2D eigenvalue weighted by Gasteiger charge is 2.10. The molecule has 2 aromatic rings. The number of thiazole rings is 1. The molecule has 100 valence electrons. The third-order valence-corrected chi connectivity index (χ3v) is 3.77. The highest BCUT2D eigenvalue weighted by Crippen LogP contribution is 2.21. The number of hydrogen-bond donors (Lipinski definition) is 1. The van der Waals surface area contributed by atoms with Crippen molar-refractivity contribution in [3.8, 4) is 0 Å². The van der Waals surface area contributed by atoms with Crippen LogP contribution in [0, 0.1) is 6.92 Å². The Hall–Kier alpha value is -1.39. The molecule has 5 heteroatoms. The maximum absolute atomic E-state index is 12.1. The molecular weight excluding hydrogens is 280 g/mol. The van der Waals surface area contributed by atoms with Gasteiger partial charge in [-0.15, -0.1) is 11.3 Å². The van der Waals surface area contributed by atoms with Crippen molar-refractivity contribution in [1.29, 1.82) is 0 Å². The zero-order valence-electron chi connectivity index (χ0n) is 10.9. The molecule has 1 amide bonds. The highest BCUT2D eigenvalue weighted by atomic mass is 35.5. The van der Waals surface area contributed by atoms with E-state index in [1.165, 1.54) is 16.2 Å². The molecule has 0 radical (unpaired) electrons. The van der Waals surface area contributed by atoms with Gasteiger partial charge >= 0.3 is 0 Å². The van der Waals surface area contributed by atoms with Crippen LogP contribution in [-0.4, -0.2) is 10.9 Å². The number of carbonyl (C=O) groups excluding carboxylic acids is 1. The normalized spacial score (nSPS) is 10.5. The predicted octanol–water partition coefficient (Wildman–Crippen LogP) is 4.31. The van der Waals surface area contributed by atoms with E-state index in [0.717, 1.165) is 18.4 Å². The molecule has 1 aromatic heterocycles. The quantitative estimate of drug-likeness (QED) is 0.913. The van der Waals surface area contributed by atoms with Gasteiger partial charge in [0.15, 0.2) is 5.13 Å². The Balaban J connectivity index is 2.11. The summed E-state index contributed by atoms with van der Waals surface area (Å²) >= 11 is 7.46. The van der Waals surface area contributed by atoms with Crippen LogP contribution in [0.5, 0.6) is 0 Å². The van der Waals surface area contributed by atoms with Crippen molar-refractivity contribution in [2.75, 3.05) is 5.32 Å². The van der Waals surface area contributed by atoms with Crippen LogP contribution in [0.2, 0.25) is 5.02 Å². The minimum atomic E-state index is -0.178. The summed E-state index contributed by atoms with van der Waals surface area (Å²) in [5.74, 6) is -0.178. The predicted molar refractivity (Wildman–Crippen MR) is 80.3 cm³/mol. The topological polar surface area (TPSA) is 42.0 Å². The molecule has 19 heavy (non-hydrogen) atoms. The van der Waals surface area contributed by atoms with Gasteiger partial charge in [0, 0.05) is 21.7 Å². The molecule has 0 unspecified atom stereocenters. The summed E-state index contributed by atoms with van der Waals surface area (Å²) in [7, 11) is 0. The molecule has 3 nitrogen and oxygen atoms in total. The minimum Gasteiger partial charge on any atom is -0.298 e. The van der Waals surface area contributed by atoms with Crippen LogP contribution in [0.3, 0.4) is 0 Å². The molecule has 0 atom stereocenters. The van der Waals surface area contributed by atoms with Crippen LogP contribution in [-0.2, 0) is 6.42 Å². The lowest BCUT2D eigenvalue weighted by molar-refractivity contribution is 0.102. The van der Waals surface area contributed by atoms with Crippen LogP contribution in [0.4, 0.5) is 5.13 Å². The molecule has 0 bridgehead atoms. The fraction of sp³-hybridized carbons (Fsp3) is 0.286. The van der Waals surface area contributed by atoms with Crippen LogP contribution < -0.4 is 5.32 Å². The van der Waals surface area contributed by atoms with E-state index in [-0.39, 0.29) is 5.91 Å². The van der Waals surface area contributed by atoms with Gasteiger partial charge < -0.3 is 0 Å². The van der Waals surface area contributed by atoms with Crippen LogP contribution >= 0.6 is 22.9 Å². The Labute approximate surface area is 121 Å². The Bertz CT molecular complexity index is 575. The van der Waals surface area contributed by atoms with Crippen LogP contribution in [0.15, 0.2) is 24.4 Å². The van der Waals surface area contributed by atoms with E-state index in [0.29, 0.717) is 15.7 Å². The molecule has 0 spiro atoms. The maximum Gasteiger partial charge on any atom is 0.257 e. The Morgan fingerprint density at radius 3 is 2.89 bits per heavy atom. The number of nitrogens with one attached hydrogen (secondary N) is 1. The summed E-state index contributed by atoms with van der Waals surface area (Å²) < 4.78 is 0. The van der Waals surface area contributed by atoms with Gasteiger partial charge in [0.25, 0.3) is 5.91 Å². The fourth-order valence-corrected chi connectivity index (χ4v) is 2.96. The average Bonchev–Trinajstić information content (AvgIpc) is 2.76. The molecule has 1 N–H and O–H groups in total. The van der Waals surface area contributed by atoms with E-state index in [4.69, 9.17) is 11.6 Å². The van der Waals surface area contributed by atoms with Gasteiger partial charge in [-0.2, -0.15) is 0 Å². The number of carbonyl (C=O) groups is 1. The van der Waals surface area contributed by atoms with Crippen molar-refractivity contribution < 1.29 is 4.79 Å². The number of aryl methyl sites for hydroxylation is 2. The van der Waals surface area contributed by atoms with Gasteiger partial charge in [0.2, 0.25) is 0 Å². The molecule has 1 heterocycles. The molecule has 0 aliphatic heterocycles. The number of nitrogens with zero attached hydrogens (tertiary/aromatic N) is 1. The first-order valence-corrected chi connectivity index (χ1v) is 7.31. The summed E-state index contributed by atoms with van der Waals surface area (Å²) in [5, 5.41) is 4.00. The van der Waals surface area contributed by atoms with E-state index < -0.39 is 0 Å². The van der Waals surface area contributed by atoms with Crippen LogP contribution in [0.25, 0.3) is 0 Å². The van der Waals surface area contributed by atoms with Gasteiger partial charge in [-0.1, -0.05) is 24.9 Å². The molecular formula is C14H15ClN2OS. The maximum atomic E-state index is 12.1. The zero-order valence-corrected chi connectivity index (χ0v) is 12.4. The summed E-state index contributed by atoms with van der Waals surface area (Å²) in [6.45, 7) is 4.03. The van der Waals surface area contributed by atoms with Crippen molar-refractivity contribution >= 4 is 34.0 Å². The molecule has 2 rings (SSSR count). The number of anilines is 1. The second kappa shape index (κ2) is 6.17. The standard InChI is InChI=1S/C14H15ClN2OS/c1-3-4-12-8-16-14(19-12)17-13(18)10-5-9(2)6-11(15)7-10/h5-8H,3-4H2,1-2H3,(H,16,17,18). The monoisotopic (exact) mass is 294 g/mol. The van der Waals surface area contributed by atoms with E-state index in [1.54, 1.807) is 6.07 Å². The van der Waals surface area contributed by atoms with Crippen molar-refractivity contribution in [2.24, 2.45) is 0 Å². The van der Waals surface area contributed by atoms with E-state index >= 15 is 0 Å². The summed E-state index contributed by atoms with van der Waals surface area (Å²) in [6, 6.07) is 5.29.